The quantitative estimate of drug-likeness (QED) is 0.252. The molecule has 0 bridgehead atoms. The summed E-state index contributed by atoms with van der Waals surface area (Å²) in [6.07, 6.45) is -1.12. The Hall–Kier alpha value is -3.31. The number of amides is 2. The first kappa shape index (κ1) is 26.3. The average molecular weight is 608 g/mol. The van der Waals surface area contributed by atoms with E-state index in [-0.39, 0.29) is 11.6 Å². The number of nitrogens with zero attached hydrogens (tertiary/aromatic N) is 4. The number of alkyl halides is 3. The molecular weight excluding hydrogens is 585 g/mol. The second-order valence-electron chi connectivity index (χ2n) is 9.08. The van der Waals surface area contributed by atoms with Crippen LogP contribution in [0.15, 0.2) is 65.3 Å². The van der Waals surface area contributed by atoms with Crippen LogP contribution in [0, 0.1) is 5.92 Å². The molecule has 1 saturated heterocycles. The molecule has 38 heavy (non-hydrogen) atoms. The second kappa shape index (κ2) is 10.8. The lowest BCUT2D eigenvalue weighted by atomic mass is 9.98. The summed E-state index contributed by atoms with van der Waals surface area (Å²) in [6, 6.07) is 13.6. The summed E-state index contributed by atoms with van der Waals surface area (Å²) in [5.74, 6) is 0.850. The lowest BCUT2D eigenvalue weighted by Gasteiger charge is -2.33. The van der Waals surface area contributed by atoms with E-state index in [9.17, 15) is 18.0 Å². The van der Waals surface area contributed by atoms with Gasteiger partial charge in [0, 0.05) is 42.0 Å². The van der Waals surface area contributed by atoms with Crippen molar-refractivity contribution in [2.45, 2.75) is 19.0 Å². The number of piperidine rings is 1. The zero-order valence-electron chi connectivity index (χ0n) is 20.0. The van der Waals surface area contributed by atoms with Gasteiger partial charge in [0.15, 0.2) is 5.65 Å². The van der Waals surface area contributed by atoms with E-state index in [1.165, 1.54) is 12.1 Å². The molecule has 198 valence electrons. The number of likely N-dealkylation sites (tertiary alicyclic amines) is 1. The number of hydrogen-bond donors (Lipinski definition) is 2. The number of hydrogen-bond acceptors (Lipinski definition) is 4. The Morgan fingerprint density at radius 1 is 1.16 bits per heavy atom. The largest absolute Gasteiger partial charge is 0.416 e. The summed E-state index contributed by atoms with van der Waals surface area (Å²) in [5.41, 5.74) is 1.43. The van der Waals surface area contributed by atoms with E-state index in [0.717, 1.165) is 40.8 Å². The first-order valence-corrected chi connectivity index (χ1v) is 13.1. The zero-order valence-corrected chi connectivity index (χ0v) is 22.3. The Balaban J connectivity index is 1.28. The van der Waals surface area contributed by atoms with Crippen molar-refractivity contribution < 1.29 is 18.0 Å². The number of fused-ring (bicyclic) bond motifs is 1. The fourth-order valence-corrected chi connectivity index (χ4v) is 5.09. The highest BCUT2D eigenvalue weighted by molar-refractivity contribution is 9.10. The minimum absolute atomic E-state index is 0.112. The predicted octanol–water partition coefficient (Wildman–Crippen LogP) is 7.19. The molecule has 5 rings (SSSR count). The van der Waals surface area contributed by atoms with Crippen LogP contribution in [-0.4, -0.2) is 45.2 Å². The number of carbonyl (C=O) groups excluding carboxylic acids is 1. The fourth-order valence-electron chi connectivity index (χ4n) is 4.51. The number of benzene rings is 2. The maximum Gasteiger partial charge on any atom is 0.416 e. The molecular formula is C26H23BrClF3N6O. The minimum atomic E-state index is -4.48. The van der Waals surface area contributed by atoms with Crippen molar-refractivity contribution in [1.29, 1.82) is 0 Å². The van der Waals surface area contributed by atoms with Gasteiger partial charge < -0.3 is 15.5 Å². The third-order valence-corrected chi connectivity index (χ3v) is 7.29. The first-order valence-electron chi connectivity index (χ1n) is 12.0. The van der Waals surface area contributed by atoms with Gasteiger partial charge in [0.05, 0.1) is 21.9 Å². The Kier molecular flexibility index (Phi) is 7.49. The minimum Gasteiger partial charge on any atom is -0.370 e. The number of halogens is 5. The molecule has 2 aromatic carbocycles. The van der Waals surface area contributed by atoms with Gasteiger partial charge in [0.2, 0.25) is 0 Å². The Bertz CT molecular complexity index is 1480. The molecule has 2 N–H and O–H groups in total. The van der Waals surface area contributed by atoms with Crippen LogP contribution in [0.5, 0.6) is 0 Å². The molecule has 3 heterocycles. The van der Waals surface area contributed by atoms with Crippen molar-refractivity contribution in [3.63, 3.8) is 0 Å². The SMILES string of the molecule is O=C(Nc1cccc(C(F)(F)F)c1)N1CCCC(CNc2cc(-c3ccccc3Cl)nc3c(Br)cnn23)C1. The summed E-state index contributed by atoms with van der Waals surface area (Å²) in [4.78, 5) is 19.2. The molecule has 0 saturated carbocycles. The molecule has 1 aliphatic rings. The standard InChI is InChI=1S/C26H23BrClF3N6O/c27-20-14-33-37-23(12-22(35-24(20)37)19-8-1-2-9-21(19)28)32-13-16-5-4-10-36(15-16)25(38)34-18-7-3-6-17(11-18)26(29,30)31/h1-3,6-9,11-12,14,16,32H,4-5,10,13,15H2,(H,34,38). The summed E-state index contributed by atoms with van der Waals surface area (Å²) < 4.78 is 41.5. The first-order chi connectivity index (χ1) is 18.2. The molecule has 12 heteroatoms. The number of anilines is 2. The Morgan fingerprint density at radius 3 is 2.76 bits per heavy atom. The van der Waals surface area contributed by atoms with Crippen LogP contribution in [0.4, 0.5) is 29.5 Å². The third kappa shape index (κ3) is 5.73. The van der Waals surface area contributed by atoms with E-state index in [4.69, 9.17) is 16.6 Å². The van der Waals surface area contributed by atoms with Crippen molar-refractivity contribution >= 4 is 50.7 Å². The summed E-state index contributed by atoms with van der Waals surface area (Å²) >= 11 is 9.92. The highest BCUT2D eigenvalue weighted by Gasteiger charge is 2.31. The van der Waals surface area contributed by atoms with E-state index in [0.29, 0.717) is 36.0 Å². The monoisotopic (exact) mass is 606 g/mol. The average Bonchev–Trinajstić information content (AvgIpc) is 3.28. The van der Waals surface area contributed by atoms with Gasteiger partial charge in [-0.3, -0.25) is 0 Å². The van der Waals surface area contributed by atoms with Crippen LogP contribution in [-0.2, 0) is 6.18 Å². The van der Waals surface area contributed by atoms with Crippen LogP contribution in [0.3, 0.4) is 0 Å². The second-order valence-corrected chi connectivity index (χ2v) is 10.3. The number of carbonyl (C=O) groups is 1. The molecule has 1 aliphatic heterocycles. The molecule has 0 radical (unpaired) electrons. The Morgan fingerprint density at radius 2 is 1.97 bits per heavy atom. The van der Waals surface area contributed by atoms with Gasteiger partial charge >= 0.3 is 12.2 Å². The highest BCUT2D eigenvalue weighted by atomic mass is 79.9. The summed E-state index contributed by atoms with van der Waals surface area (Å²) in [5, 5.41) is 11.0. The lowest BCUT2D eigenvalue weighted by molar-refractivity contribution is -0.137. The third-order valence-electron chi connectivity index (χ3n) is 6.40. The van der Waals surface area contributed by atoms with Gasteiger partial charge in [-0.1, -0.05) is 35.9 Å². The molecule has 1 unspecified atom stereocenters. The number of aromatic nitrogens is 3. The maximum absolute atomic E-state index is 13.0. The molecule has 2 amide bonds. The van der Waals surface area contributed by atoms with Crippen LogP contribution >= 0.6 is 27.5 Å². The molecule has 2 aromatic heterocycles. The predicted molar refractivity (Wildman–Crippen MR) is 144 cm³/mol. The van der Waals surface area contributed by atoms with Crippen LogP contribution in [0.2, 0.25) is 5.02 Å². The Labute approximate surface area is 230 Å². The van der Waals surface area contributed by atoms with E-state index in [2.05, 4.69) is 31.7 Å². The topological polar surface area (TPSA) is 74.6 Å². The van der Waals surface area contributed by atoms with Crippen LogP contribution in [0.25, 0.3) is 16.9 Å². The van der Waals surface area contributed by atoms with Crippen molar-refractivity contribution in [2.24, 2.45) is 5.92 Å². The van der Waals surface area contributed by atoms with Crippen molar-refractivity contribution in [3.05, 3.63) is 75.9 Å². The van der Waals surface area contributed by atoms with Crippen molar-refractivity contribution in [1.82, 2.24) is 19.5 Å². The van der Waals surface area contributed by atoms with E-state index in [1.807, 2.05) is 30.3 Å². The molecule has 7 nitrogen and oxygen atoms in total. The van der Waals surface area contributed by atoms with Crippen LogP contribution in [0.1, 0.15) is 18.4 Å². The van der Waals surface area contributed by atoms with Crippen molar-refractivity contribution in [3.8, 4) is 11.3 Å². The smallest absolute Gasteiger partial charge is 0.370 e. The highest BCUT2D eigenvalue weighted by Crippen LogP contribution is 2.32. The van der Waals surface area contributed by atoms with E-state index >= 15 is 0 Å². The molecule has 1 fully saturated rings. The van der Waals surface area contributed by atoms with Gasteiger partial charge in [0.1, 0.15) is 5.82 Å². The summed E-state index contributed by atoms with van der Waals surface area (Å²) in [7, 11) is 0. The van der Waals surface area contributed by atoms with Gasteiger partial charge in [-0.2, -0.15) is 22.8 Å². The maximum atomic E-state index is 13.0. The molecule has 1 atom stereocenters. The van der Waals surface area contributed by atoms with E-state index < -0.39 is 17.8 Å². The van der Waals surface area contributed by atoms with Gasteiger partial charge in [-0.15, -0.1) is 0 Å². The summed E-state index contributed by atoms with van der Waals surface area (Å²) in [6.45, 7) is 1.56. The number of urea groups is 1. The number of nitrogens with one attached hydrogen (secondary N) is 2. The van der Waals surface area contributed by atoms with Crippen molar-refractivity contribution in [2.75, 3.05) is 30.3 Å². The van der Waals surface area contributed by atoms with Gasteiger partial charge in [0.25, 0.3) is 0 Å². The number of rotatable bonds is 5. The van der Waals surface area contributed by atoms with E-state index in [1.54, 1.807) is 15.6 Å². The normalized spacial score (nSPS) is 16.0. The lowest BCUT2D eigenvalue weighted by Crippen LogP contribution is -2.44. The molecule has 4 aromatic rings. The van der Waals surface area contributed by atoms with Gasteiger partial charge in [-0.25, -0.2) is 9.78 Å². The zero-order chi connectivity index (χ0) is 26.9. The van der Waals surface area contributed by atoms with Crippen LogP contribution < -0.4 is 10.6 Å². The molecule has 0 spiro atoms. The van der Waals surface area contributed by atoms with Gasteiger partial charge in [-0.05, 0) is 59.0 Å². The molecule has 0 aliphatic carbocycles. The fraction of sp³-hybridized carbons (Fsp3) is 0.269.